The van der Waals surface area contributed by atoms with Crippen LogP contribution in [0.4, 0.5) is 10.5 Å². The van der Waals surface area contributed by atoms with Crippen LogP contribution in [0.2, 0.25) is 0 Å². The van der Waals surface area contributed by atoms with Gasteiger partial charge < -0.3 is 10.1 Å². The van der Waals surface area contributed by atoms with Crippen LogP contribution in [-0.4, -0.2) is 23.1 Å². The first kappa shape index (κ1) is 22.0. The average molecular weight is 418 g/mol. The van der Waals surface area contributed by atoms with Gasteiger partial charge in [0.15, 0.2) is 0 Å². The Kier molecular flexibility index (Phi) is 6.97. The van der Waals surface area contributed by atoms with Gasteiger partial charge in [0.1, 0.15) is 12.4 Å². The zero-order valence-electron chi connectivity index (χ0n) is 18.3. The standard InChI is InChI=1S/C24H27N5O2/c1-5-19-9-7-10-21(26-19)18-12-13-23(17(3)14-18)31-15-20-16(2)8-6-11-22(20)27-24(30)29(4)28-25/h6-14,25H,5,15H2,1-4H3,(H,27,30). The number of hydrogen-bond donors (Lipinski definition) is 2. The van der Waals surface area contributed by atoms with Crippen molar-refractivity contribution in [2.45, 2.75) is 33.8 Å². The van der Waals surface area contributed by atoms with E-state index in [1.54, 1.807) is 0 Å². The van der Waals surface area contributed by atoms with Crippen LogP contribution in [0.15, 0.2) is 59.8 Å². The molecular weight excluding hydrogens is 390 g/mol. The van der Waals surface area contributed by atoms with Gasteiger partial charge in [-0.3, -0.25) is 4.98 Å². The highest BCUT2D eigenvalue weighted by Crippen LogP contribution is 2.28. The molecule has 3 rings (SSSR count). The number of carbonyl (C=O) groups excluding carboxylic acids is 1. The summed E-state index contributed by atoms with van der Waals surface area (Å²) in [5.41, 5.74) is 13.5. The fraction of sp³-hybridized carbons (Fsp3) is 0.250. The summed E-state index contributed by atoms with van der Waals surface area (Å²) in [6, 6.07) is 17.3. The summed E-state index contributed by atoms with van der Waals surface area (Å²) < 4.78 is 6.10. The van der Waals surface area contributed by atoms with E-state index in [-0.39, 0.29) is 0 Å². The summed E-state index contributed by atoms with van der Waals surface area (Å²) in [6.45, 7) is 6.37. The molecule has 0 aliphatic carbocycles. The molecule has 1 aromatic heterocycles. The molecule has 0 unspecified atom stereocenters. The molecule has 3 aromatic rings. The molecule has 0 spiro atoms. The first-order chi connectivity index (χ1) is 14.9. The van der Waals surface area contributed by atoms with E-state index in [1.165, 1.54) is 7.05 Å². The van der Waals surface area contributed by atoms with Crippen LogP contribution >= 0.6 is 0 Å². The van der Waals surface area contributed by atoms with Crippen molar-refractivity contribution < 1.29 is 9.53 Å². The number of ether oxygens (including phenoxy) is 1. The van der Waals surface area contributed by atoms with Gasteiger partial charge in [0, 0.05) is 29.6 Å². The molecule has 2 amide bonds. The zero-order chi connectivity index (χ0) is 22.4. The number of amides is 2. The predicted octanol–water partition coefficient (Wildman–Crippen LogP) is 5.92. The third-order valence-corrected chi connectivity index (χ3v) is 5.11. The molecule has 0 aliphatic rings. The highest BCUT2D eigenvalue weighted by atomic mass is 16.5. The van der Waals surface area contributed by atoms with Gasteiger partial charge in [-0.1, -0.05) is 30.3 Å². The first-order valence-electron chi connectivity index (χ1n) is 10.1. The van der Waals surface area contributed by atoms with E-state index in [1.807, 2.05) is 62.4 Å². The maximum absolute atomic E-state index is 12.1. The lowest BCUT2D eigenvalue weighted by Gasteiger charge is -2.17. The normalized spacial score (nSPS) is 10.5. The lowest BCUT2D eigenvalue weighted by Crippen LogP contribution is -2.27. The summed E-state index contributed by atoms with van der Waals surface area (Å²) >= 11 is 0. The van der Waals surface area contributed by atoms with E-state index in [4.69, 9.17) is 15.3 Å². The number of nitrogens with zero attached hydrogens (tertiary/aromatic N) is 3. The van der Waals surface area contributed by atoms with Crippen LogP contribution in [0.3, 0.4) is 0 Å². The van der Waals surface area contributed by atoms with Crippen molar-refractivity contribution in [2.24, 2.45) is 5.22 Å². The topological polar surface area (TPSA) is 90.7 Å². The third kappa shape index (κ3) is 5.25. The van der Waals surface area contributed by atoms with Crippen molar-refractivity contribution in [2.75, 3.05) is 12.4 Å². The molecule has 1 heterocycles. The van der Waals surface area contributed by atoms with Gasteiger partial charge in [-0.2, -0.15) is 10.5 Å². The number of aromatic nitrogens is 1. The molecule has 0 radical (unpaired) electrons. The molecule has 0 atom stereocenters. The number of carbonyl (C=O) groups is 1. The van der Waals surface area contributed by atoms with Crippen molar-refractivity contribution in [1.29, 1.82) is 5.53 Å². The Morgan fingerprint density at radius 3 is 2.61 bits per heavy atom. The van der Waals surface area contributed by atoms with Crippen LogP contribution in [0.5, 0.6) is 5.75 Å². The van der Waals surface area contributed by atoms with Crippen LogP contribution < -0.4 is 10.1 Å². The second-order valence-corrected chi connectivity index (χ2v) is 7.29. The van der Waals surface area contributed by atoms with E-state index in [0.29, 0.717) is 12.3 Å². The fourth-order valence-electron chi connectivity index (χ4n) is 3.21. The Bertz CT molecular complexity index is 1100. The monoisotopic (exact) mass is 417 g/mol. The minimum Gasteiger partial charge on any atom is -0.489 e. The fourth-order valence-corrected chi connectivity index (χ4v) is 3.21. The van der Waals surface area contributed by atoms with E-state index < -0.39 is 6.03 Å². The van der Waals surface area contributed by atoms with Gasteiger partial charge in [0.05, 0.1) is 5.69 Å². The first-order valence-corrected chi connectivity index (χ1v) is 10.1. The van der Waals surface area contributed by atoms with Crippen molar-refractivity contribution >= 4 is 11.7 Å². The predicted molar refractivity (Wildman–Crippen MR) is 121 cm³/mol. The van der Waals surface area contributed by atoms with Crippen LogP contribution in [-0.2, 0) is 13.0 Å². The Balaban J connectivity index is 1.78. The van der Waals surface area contributed by atoms with Crippen molar-refractivity contribution in [3.8, 4) is 17.0 Å². The molecule has 31 heavy (non-hydrogen) atoms. The Morgan fingerprint density at radius 1 is 1.13 bits per heavy atom. The lowest BCUT2D eigenvalue weighted by molar-refractivity contribution is 0.220. The molecule has 7 nitrogen and oxygen atoms in total. The smallest absolute Gasteiger partial charge is 0.343 e. The molecule has 0 saturated carbocycles. The summed E-state index contributed by atoms with van der Waals surface area (Å²) in [4.78, 5) is 16.8. The number of urea groups is 1. The summed E-state index contributed by atoms with van der Waals surface area (Å²) in [5, 5.41) is 6.83. The quantitative estimate of drug-likeness (QED) is 0.369. The van der Waals surface area contributed by atoms with Crippen molar-refractivity contribution in [3.05, 3.63) is 77.0 Å². The number of rotatable bonds is 7. The highest BCUT2D eigenvalue weighted by molar-refractivity contribution is 5.89. The molecule has 160 valence electrons. The second-order valence-electron chi connectivity index (χ2n) is 7.29. The van der Waals surface area contributed by atoms with E-state index >= 15 is 0 Å². The number of benzene rings is 2. The maximum Gasteiger partial charge on any atom is 0.343 e. The van der Waals surface area contributed by atoms with Gasteiger partial charge >= 0.3 is 6.03 Å². The molecule has 7 heteroatoms. The Hall–Kier alpha value is -3.74. The van der Waals surface area contributed by atoms with E-state index in [0.717, 1.165) is 50.8 Å². The zero-order valence-corrected chi connectivity index (χ0v) is 18.3. The van der Waals surface area contributed by atoms with Gasteiger partial charge in [0.2, 0.25) is 0 Å². The summed E-state index contributed by atoms with van der Waals surface area (Å²) in [5.74, 6) is 0.772. The molecule has 0 saturated heterocycles. The SMILES string of the molecule is CCc1cccc(-c2ccc(OCc3c(C)cccc3NC(=O)N(C)N=N)c(C)c2)n1. The minimum absolute atomic E-state index is 0.299. The van der Waals surface area contributed by atoms with Gasteiger partial charge in [-0.25, -0.2) is 4.79 Å². The molecule has 2 N–H and O–H groups in total. The van der Waals surface area contributed by atoms with E-state index in [2.05, 4.69) is 23.5 Å². The molecule has 2 aromatic carbocycles. The number of anilines is 1. The third-order valence-electron chi connectivity index (χ3n) is 5.11. The second kappa shape index (κ2) is 9.84. The van der Waals surface area contributed by atoms with Crippen molar-refractivity contribution in [3.63, 3.8) is 0 Å². The van der Waals surface area contributed by atoms with Gasteiger partial charge in [0.25, 0.3) is 0 Å². The number of aryl methyl sites for hydroxylation is 3. The van der Waals surface area contributed by atoms with Crippen LogP contribution in [0.25, 0.3) is 11.3 Å². The highest BCUT2D eigenvalue weighted by Gasteiger charge is 2.13. The summed E-state index contributed by atoms with van der Waals surface area (Å²) in [6.07, 6.45) is 0.898. The molecule has 0 fully saturated rings. The average Bonchev–Trinajstić information content (AvgIpc) is 2.78. The van der Waals surface area contributed by atoms with Crippen LogP contribution in [0, 0.1) is 19.4 Å². The molecule has 0 bridgehead atoms. The number of nitrogens with one attached hydrogen (secondary N) is 2. The summed E-state index contributed by atoms with van der Waals surface area (Å²) in [7, 11) is 1.42. The van der Waals surface area contributed by atoms with Gasteiger partial charge in [-0.15, -0.1) is 0 Å². The Labute approximate surface area is 182 Å². The Morgan fingerprint density at radius 2 is 1.90 bits per heavy atom. The van der Waals surface area contributed by atoms with E-state index in [9.17, 15) is 4.79 Å². The number of hydrogen-bond acceptors (Lipinski definition) is 5. The molecular formula is C24H27N5O2. The number of pyridine rings is 1. The lowest BCUT2D eigenvalue weighted by atomic mass is 10.1. The van der Waals surface area contributed by atoms with Crippen molar-refractivity contribution in [1.82, 2.24) is 9.99 Å². The van der Waals surface area contributed by atoms with Gasteiger partial charge in [-0.05, 0) is 67.8 Å². The molecule has 0 aliphatic heterocycles. The van der Waals surface area contributed by atoms with Crippen LogP contribution in [0.1, 0.15) is 29.3 Å². The maximum atomic E-state index is 12.1. The largest absolute Gasteiger partial charge is 0.489 e. The minimum atomic E-state index is -0.482.